The summed E-state index contributed by atoms with van der Waals surface area (Å²) in [5, 5.41) is 4.93. The number of carbonyl (C=O) groups is 3. The Labute approximate surface area is 161 Å². The van der Waals surface area contributed by atoms with Crippen molar-refractivity contribution in [2.45, 2.75) is 13.1 Å². The number of hydrogen-bond donors (Lipinski definition) is 2. The lowest BCUT2D eigenvalue weighted by Gasteiger charge is -2.13. The van der Waals surface area contributed by atoms with Gasteiger partial charge in [-0.1, -0.05) is 36.4 Å². The molecule has 4 amide bonds. The van der Waals surface area contributed by atoms with E-state index in [-0.39, 0.29) is 19.0 Å². The number of hydrogen-bond acceptors (Lipinski definition) is 4. The number of nitrogens with one attached hydrogen (secondary N) is 2. The molecule has 28 heavy (non-hydrogen) atoms. The number of rotatable bonds is 6. The van der Waals surface area contributed by atoms with Crippen LogP contribution in [0.3, 0.4) is 0 Å². The zero-order valence-corrected chi connectivity index (χ0v) is 15.1. The number of amides is 4. The van der Waals surface area contributed by atoms with E-state index in [2.05, 4.69) is 20.2 Å². The third-order valence-electron chi connectivity index (χ3n) is 4.56. The first-order valence-corrected chi connectivity index (χ1v) is 8.91. The molecular formula is C20H19N5O3. The van der Waals surface area contributed by atoms with Gasteiger partial charge in [-0.2, -0.15) is 0 Å². The number of carbonyl (C=O) groups excluding carboxylic acids is 3. The molecule has 0 atom stereocenters. The average Bonchev–Trinajstić information content (AvgIpc) is 3.23. The standard InChI is InChI=1S/C20H19N5O3/c26-18(11-24-12-19(27)23-20(24)28)21-9-14-4-3-5-15(8-14)10-25-13-22-16-6-1-2-7-17(16)25/h1-8,13H,9-12H2,(H,21,26)(H,23,27,28). The SMILES string of the molecule is O=C(CN1CC(=O)NC1=O)NCc1cccc(Cn2cnc3ccccc32)c1. The van der Waals surface area contributed by atoms with Crippen molar-refractivity contribution < 1.29 is 14.4 Å². The molecular weight excluding hydrogens is 358 g/mol. The molecule has 0 bridgehead atoms. The molecule has 1 aromatic heterocycles. The zero-order valence-electron chi connectivity index (χ0n) is 15.1. The molecule has 2 aromatic carbocycles. The van der Waals surface area contributed by atoms with Crippen molar-refractivity contribution >= 4 is 28.9 Å². The van der Waals surface area contributed by atoms with Crippen molar-refractivity contribution in [1.82, 2.24) is 25.1 Å². The quantitative estimate of drug-likeness (QED) is 0.632. The number of imide groups is 1. The molecule has 8 nitrogen and oxygen atoms in total. The van der Waals surface area contributed by atoms with E-state index in [0.29, 0.717) is 13.1 Å². The van der Waals surface area contributed by atoms with Gasteiger partial charge in [-0.25, -0.2) is 9.78 Å². The van der Waals surface area contributed by atoms with Crippen molar-refractivity contribution in [3.05, 3.63) is 66.0 Å². The van der Waals surface area contributed by atoms with Gasteiger partial charge in [0, 0.05) is 13.1 Å². The van der Waals surface area contributed by atoms with Gasteiger partial charge in [-0.3, -0.25) is 14.9 Å². The van der Waals surface area contributed by atoms with Crippen molar-refractivity contribution in [3.8, 4) is 0 Å². The summed E-state index contributed by atoms with van der Waals surface area (Å²) in [6, 6.07) is 15.4. The lowest BCUT2D eigenvalue weighted by atomic mass is 10.1. The molecule has 3 aromatic rings. The molecule has 2 N–H and O–H groups in total. The fourth-order valence-electron chi connectivity index (χ4n) is 3.21. The number of benzene rings is 2. The second kappa shape index (κ2) is 7.51. The average molecular weight is 377 g/mol. The number of imidazole rings is 1. The van der Waals surface area contributed by atoms with Crippen LogP contribution in [0.5, 0.6) is 0 Å². The fraction of sp³-hybridized carbons (Fsp3) is 0.200. The highest BCUT2D eigenvalue weighted by Gasteiger charge is 2.27. The maximum atomic E-state index is 12.1. The highest BCUT2D eigenvalue weighted by atomic mass is 16.2. The minimum Gasteiger partial charge on any atom is -0.350 e. The topological polar surface area (TPSA) is 96.3 Å². The Kier molecular flexibility index (Phi) is 4.76. The maximum Gasteiger partial charge on any atom is 0.325 e. The second-order valence-electron chi connectivity index (χ2n) is 6.67. The lowest BCUT2D eigenvalue weighted by molar-refractivity contribution is -0.122. The number of urea groups is 1. The van der Waals surface area contributed by atoms with Crippen LogP contribution in [0.1, 0.15) is 11.1 Å². The summed E-state index contributed by atoms with van der Waals surface area (Å²) in [6.07, 6.45) is 1.82. The van der Waals surface area contributed by atoms with Gasteiger partial charge in [0.05, 0.1) is 17.4 Å². The van der Waals surface area contributed by atoms with Crippen molar-refractivity contribution in [3.63, 3.8) is 0 Å². The summed E-state index contributed by atoms with van der Waals surface area (Å²) in [5.74, 6) is -0.701. The third kappa shape index (κ3) is 3.85. The van der Waals surface area contributed by atoms with E-state index in [1.807, 2.05) is 54.9 Å². The number of aromatic nitrogens is 2. The Hall–Kier alpha value is -3.68. The van der Waals surface area contributed by atoms with E-state index in [1.54, 1.807) is 0 Å². The molecule has 1 fully saturated rings. The normalized spacial score (nSPS) is 13.8. The van der Waals surface area contributed by atoms with Gasteiger partial charge in [-0.15, -0.1) is 0 Å². The van der Waals surface area contributed by atoms with Crippen LogP contribution in [-0.2, 0) is 22.7 Å². The van der Waals surface area contributed by atoms with Crippen LogP contribution in [0.4, 0.5) is 4.79 Å². The molecule has 8 heteroatoms. The van der Waals surface area contributed by atoms with Gasteiger partial charge in [0.15, 0.2) is 0 Å². The Morgan fingerprint density at radius 1 is 1.11 bits per heavy atom. The molecule has 1 aliphatic rings. The predicted octanol–water partition coefficient (Wildman–Crippen LogP) is 1.25. The zero-order chi connectivity index (χ0) is 19.5. The van der Waals surface area contributed by atoms with E-state index in [1.165, 1.54) is 4.90 Å². The summed E-state index contributed by atoms with van der Waals surface area (Å²) < 4.78 is 2.08. The summed E-state index contributed by atoms with van der Waals surface area (Å²) >= 11 is 0. The Balaban J connectivity index is 1.37. The smallest absolute Gasteiger partial charge is 0.325 e. The largest absolute Gasteiger partial charge is 0.350 e. The number of fused-ring (bicyclic) bond motifs is 1. The number of para-hydroxylation sites is 2. The molecule has 4 rings (SSSR count). The highest BCUT2D eigenvalue weighted by Crippen LogP contribution is 2.15. The van der Waals surface area contributed by atoms with Gasteiger partial charge in [0.2, 0.25) is 11.8 Å². The molecule has 0 aliphatic carbocycles. The van der Waals surface area contributed by atoms with Gasteiger partial charge in [0.25, 0.3) is 0 Å². The van der Waals surface area contributed by atoms with E-state index < -0.39 is 11.9 Å². The van der Waals surface area contributed by atoms with Gasteiger partial charge >= 0.3 is 6.03 Å². The van der Waals surface area contributed by atoms with Crippen molar-refractivity contribution in [2.24, 2.45) is 0 Å². The first kappa shape index (κ1) is 17.7. The Bertz CT molecular complexity index is 1060. The first-order valence-electron chi connectivity index (χ1n) is 8.91. The minimum absolute atomic E-state index is 0.0827. The van der Waals surface area contributed by atoms with E-state index >= 15 is 0 Å². The fourth-order valence-corrected chi connectivity index (χ4v) is 3.21. The lowest BCUT2D eigenvalue weighted by Crippen LogP contribution is -2.38. The van der Waals surface area contributed by atoms with E-state index in [4.69, 9.17) is 0 Å². The molecule has 0 unspecified atom stereocenters. The molecule has 1 saturated heterocycles. The third-order valence-corrected chi connectivity index (χ3v) is 4.56. The first-order chi connectivity index (χ1) is 13.6. The molecule has 142 valence electrons. The molecule has 2 heterocycles. The van der Waals surface area contributed by atoms with Crippen LogP contribution in [0.2, 0.25) is 0 Å². The van der Waals surface area contributed by atoms with Crippen molar-refractivity contribution in [1.29, 1.82) is 0 Å². The molecule has 0 saturated carbocycles. The monoisotopic (exact) mass is 377 g/mol. The van der Waals surface area contributed by atoms with Gasteiger partial charge in [0.1, 0.15) is 13.1 Å². The molecule has 1 aliphatic heterocycles. The predicted molar refractivity (Wildman–Crippen MR) is 102 cm³/mol. The summed E-state index contributed by atoms with van der Waals surface area (Å²) in [7, 11) is 0. The van der Waals surface area contributed by atoms with Crippen LogP contribution in [0, 0.1) is 0 Å². The van der Waals surface area contributed by atoms with Crippen LogP contribution in [-0.4, -0.2) is 45.4 Å². The van der Waals surface area contributed by atoms with E-state index in [9.17, 15) is 14.4 Å². The Morgan fingerprint density at radius 2 is 1.93 bits per heavy atom. The van der Waals surface area contributed by atoms with Gasteiger partial charge in [-0.05, 0) is 23.3 Å². The van der Waals surface area contributed by atoms with Crippen LogP contribution in [0.15, 0.2) is 54.9 Å². The molecule has 0 spiro atoms. The highest BCUT2D eigenvalue weighted by molar-refractivity contribution is 6.03. The number of nitrogens with zero attached hydrogens (tertiary/aromatic N) is 3. The van der Waals surface area contributed by atoms with Crippen LogP contribution >= 0.6 is 0 Å². The van der Waals surface area contributed by atoms with E-state index in [0.717, 1.165) is 22.2 Å². The molecule has 0 radical (unpaired) electrons. The summed E-state index contributed by atoms with van der Waals surface area (Å²) in [6.45, 7) is 0.804. The second-order valence-corrected chi connectivity index (χ2v) is 6.67. The Morgan fingerprint density at radius 3 is 2.75 bits per heavy atom. The summed E-state index contributed by atoms with van der Waals surface area (Å²) in [5.41, 5.74) is 4.08. The van der Waals surface area contributed by atoms with Crippen LogP contribution in [0.25, 0.3) is 11.0 Å². The maximum absolute atomic E-state index is 12.1. The van der Waals surface area contributed by atoms with Gasteiger partial charge < -0.3 is 14.8 Å². The minimum atomic E-state index is -0.533. The van der Waals surface area contributed by atoms with Crippen LogP contribution < -0.4 is 10.6 Å². The summed E-state index contributed by atoms with van der Waals surface area (Å²) in [4.78, 5) is 40.3. The van der Waals surface area contributed by atoms with Crippen molar-refractivity contribution in [2.75, 3.05) is 13.1 Å².